The summed E-state index contributed by atoms with van der Waals surface area (Å²) >= 11 is 1.66. The average Bonchev–Trinajstić information content (AvgIpc) is 3.26. The predicted molar refractivity (Wildman–Crippen MR) is 140 cm³/mol. The monoisotopic (exact) mass is 493 g/mol. The minimum absolute atomic E-state index is 0.109. The maximum absolute atomic E-state index is 14.0. The number of benzene rings is 3. The summed E-state index contributed by atoms with van der Waals surface area (Å²) in [6.45, 7) is 2.89. The molecule has 0 saturated carbocycles. The number of thioether (sulfide) groups is 1. The molecule has 1 aliphatic rings. The molecule has 35 heavy (non-hydrogen) atoms. The Bertz CT molecular complexity index is 1100. The smallest absolute Gasteiger partial charge is 0.233 e. The van der Waals surface area contributed by atoms with Crippen LogP contribution in [-0.2, 0) is 10.2 Å². The van der Waals surface area contributed by atoms with Crippen LogP contribution >= 0.6 is 11.8 Å². The number of hydrogen-bond acceptors (Lipinski definition) is 3. The molecule has 6 heteroatoms. The van der Waals surface area contributed by atoms with Crippen molar-refractivity contribution in [3.05, 3.63) is 95.8 Å². The Hall–Kier alpha value is -2.83. The van der Waals surface area contributed by atoms with E-state index in [0.717, 1.165) is 58.7 Å². The Morgan fingerprint density at radius 1 is 1.09 bits per heavy atom. The number of quaternary nitrogens is 1. The molecule has 1 aliphatic heterocycles. The zero-order valence-electron chi connectivity index (χ0n) is 20.5. The molecule has 2 N–H and O–H groups in total. The highest BCUT2D eigenvalue weighted by Gasteiger charge is 2.53. The van der Waals surface area contributed by atoms with Crippen LogP contribution in [-0.4, -0.2) is 49.9 Å². The molecule has 0 bridgehead atoms. The first-order valence-corrected chi connectivity index (χ1v) is 13.1. The van der Waals surface area contributed by atoms with E-state index in [0.29, 0.717) is 0 Å². The fourth-order valence-corrected chi connectivity index (χ4v) is 6.50. The SMILES string of the molecule is COc1ccc(SCCC[N@+]2(C)CCC(C(C(N)=O)(c3ccccc3)c3ccccc3)C2)cc1F. The Morgan fingerprint density at radius 3 is 2.26 bits per heavy atom. The van der Waals surface area contributed by atoms with Crippen LogP contribution in [0, 0.1) is 11.7 Å². The molecule has 1 amide bonds. The van der Waals surface area contributed by atoms with E-state index in [9.17, 15) is 9.18 Å². The van der Waals surface area contributed by atoms with Crippen LogP contribution in [0.15, 0.2) is 83.8 Å². The van der Waals surface area contributed by atoms with E-state index >= 15 is 0 Å². The molecule has 2 atom stereocenters. The van der Waals surface area contributed by atoms with Gasteiger partial charge in [0.2, 0.25) is 5.91 Å². The van der Waals surface area contributed by atoms with E-state index in [2.05, 4.69) is 7.05 Å². The van der Waals surface area contributed by atoms with E-state index in [1.807, 2.05) is 66.7 Å². The summed E-state index contributed by atoms with van der Waals surface area (Å²) in [5.41, 5.74) is 7.31. The van der Waals surface area contributed by atoms with Gasteiger partial charge in [0.05, 0.1) is 33.8 Å². The molecule has 184 valence electrons. The molecule has 1 heterocycles. The van der Waals surface area contributed by atoms with Gasteiger partial charge in [-0.25, -0.2) is 4.39 Å². The van der Waals surface area contributed by atoms with E-state index < -0.39 is 5.41 Å². The summed E-state index contributed by atoms with van der Waals surface area (Å²) < 4.78 is 19.9. The zero-order valence-corrected chi connectivity index (χ0v) is 21.3. The lowest BCUT2D eigenvalue weighted by Gasteiger charge is -2.38. The number of ether oxygens (including phenoxy) is 1. The first-order valence-electron chi connectivity index (χ1n) is 12.1. The summed E-state index contributed by atoms with van der Waals surface area (Å²) in [5, 5.41) is 0. The topological polar surface area (TPSA) is 52.3 Å². The Morgan fingerprint density at radius 2 is 1.71 bits per heavy atom. The summed E-state index contributed by atoms with van der Waals surface area (Å²) in [4.78, 5) is 14.2. The molecule has 0 aliphatic carbocycles. The van der Waals surface area contributed by atoms with E-state index in [1.165, 1.54) is 13.2 Å². The third-order valence-corrected chi connectivity index (χ3v) is 8.45. The summed E-state index contributed by atoms with van der Waals surface area (Å²) in [5.74, 6) is 0.667. The van der Waals surface area contributed by atoms with Gasteiger partial charge in [-0.3, -0.25) is 4.79 Å². The number of carbonyl (C=O) groups is 1. The van der Waals surface area contributed by atoms with Crippen molar-refractivity contribution in [2.24, 2.45) is 11.7 Å². The molecule has 3 aromatic carbocycles. The molecule has 1 unspecified atom stereocenters. The molecule has 1 fully saturated rings. The molecule has 0 spiro atoms. The Balaban J connectivity index is 1.48. The fourth-order valence-electron chi connectivity index (χ4n) is 5.64. The maximum atomic E-state index is 14.0. The van der Waals surface area contributed by atoms with Gasteiger partial charge in [0.1, 0.15) is 5.41 Å². The van der Waals surface area contributed by atoms with E-state index in [1.54, 1.807) is 17.8 Å². The number of carbonyl (C=O) groups excluding carboxylic acids is 1. The van der Waals surface area contributed by atoms with Gasteiger partial charge in [-0.1, -0.05) is 60.7 Å². The highest BCUT2D eigenvalue weighted by molar-refractivity contribution is 7.99. The van der Waals surface area contributed by atoms with Crippen molar-refractivity contribution in [2.45, 2.75) is 23.2 Å². The summed E-state index contributed by atoms with van der Waals surface area (Å²) in [7, 11) is 3.75. The molecule has 1 saturated heterocycles. The van der Waals surface area contributed by atoms with Crippen LogP contribution in [0.2, 0.25) is 0 Å². The number of nitrogens with two attached hydrogens (primary N) is 1. The van der Waals surface area contributed by atoms with Crippen LogP contribution in [0.3, 0.4) is 0 Å². The van der Waals surface area contributed by atoms with Crippen molar-refractivity contribution in [2.75, 3.05) is 39.5 Å². The molecular weight excluding hydrogens is 459 g/mol. The standard InChI is InChI=1S/C29H33FN2O2S/c1-32(17-9-19-35-25-14-15-27(34-2)26(30)20-25)18-16-24(21-32)29(28(31)33,22-10-5-3-6-11-22)23-12-7-4-8-13-23/h3-8,10-15,20,24H,9,16-19,21H2,1-2H3,(H-,31,33)/p+1/t24?,32-/m1/s1. The third-order valence-electron chi connectivity index (χ3n) is 7.37. The van der Waals surface area contributed by atoms with Crippen molar-refractivity contribution in [1.82, 2.24) is 0 Å². The molecule has 4 nitrogen and oxygen atoms in total. The van der Waals surface area contributed by atoms with Gasteiger partial charge in [0, 0.05) is 29.4 Å². The predicted octanol–water partition coefficient (Wildman–Crippen LogP) is 5.25. The number of likely N-dealkylation sites (tertiary alicyclic amines) is 1. The maximum Gasteiger partial charge on any atom is 0.233 e. The quantitative estimate of drug-likeness (QED) is 0.238. The van der Waals surface area contributed by atoms with Gasteiger partial charge < -0.3 is 15.0 Å². The number of methoxy groups -OCH3 is 1. The largest absolute Gasteiger partial charge is 0.494 e. The van der Waals surface area contributed by atoms with Crippen LogP contribution in [0.25, 0.3) is 0 Å². The van der Waals surface area contributed by atoms with Crippen molar-refractivity contribution in [3.63, 3.8) is 0 Å². The zero-order chi connectivity index (χ0) is 24.9. The molecule has 0 aromatic heterocycles. The lowest BCUT2D eigenvalue weighted by atomic mass is 9.64. The van der Waals surface area contributed by atoms with Gasteiger partial charge in [-0.15, -0.1) is 11.8 Å². The third kappa shape index (κ3) is 5.24. The molecule has 0 radical (unpaired) electrons. The number of amides is 1. The van der Waals surface area contributed by atoms with Crippen LogP contribution in [0.4, 0.5) is 4.39 Å². The minimum atomic E-state index is -0.853. The number of hydrogen-bond donors (Lipinski definition) is 1. The van der Waals surface area contributed by atoms with Gasteiger partial charge in [0.15, 0.2) is 11.6 Å². The lowest BCUT2D eigenvalue weighted by molar-refractivity contribution is -0.899. The van der Waals surface area contributed by atoms with Crippen LogP contribution in [0.1, 0.15) is 24.0 Å². The van der Waals surface area contributed by atoms with Gasteiger partial charge >= 0.3 is 0 Å². The van der Waals surface area contributed by atoms with Crippen molar-refractivity contribution < 1.29 is 18.4 Å². The van der Waals surface area contributed by atoms with Crippen LogP contribution in [0.5, 0.6) is 5.75 Å². The van der Waals surface area contributed by atoms with Crippen molar-refractivity contribution in [1.29, 1.82) is 0 Å². The molecular formula is C29H34FN2O2S+. The van der Waals surface area contributed by atoms with Gasteiger partial charge in [-0.05, 0) is 29.3 Å². The number of nitrogens with zero attached hydrogens (tertiary/aromatic N) is 1. The van der Waals surface area contributed by atoms with Gasteiger partial charge in [0.25, 0.3) is 0 Å². The second-order valence-corrected chi connectivity index (χ2v) is 10.8. The summed E-state index contributed by atoms with van der Waals surface area (Å²) in [6, 6.07) is 25.1. The first kappa shape index (κ1) is 25.3. The Kier molecular flexibility index (Phi) is 7.82. The average molecular weight is 494 g/mol. The van der Waals surface area contributed by atoms with Crippen LogP contribution < -0.4 is 10.5 Å². The fraction of sp³-hybridized carbons (Fsp3) is 0.345. The molecule has 3 aromatic rings. The van der Waals surface area contributed by atoms with E-state index in [-0.39, 0.29) is 23.4 Å². The normalized spacial score (nSPS) is 20.0. The van der Waals surface area contributed by atoms with E-state index in [4.69, 9.17) is 10.5 Å². The van der Waals surface area contributed by atoms with Crippen molar-refractivity contribution in [3.8, 4) is 5.75 Å². The lowest BCUT2D eigenvalue weighted by Crippen LogP contribution is -2.51. The summed E-state index contributed by atoms with van der Waals surface area (Å²) in [6.07, 6.45) is 1.93. The van der Waals surface area contributed by atoms with Crippen molar-refractivity contribution >= 4 is 17.7 Å². The number of primary amides is 1. The molecule has 4 rings (SSSR count). The highest BCUT2D eigenvalue weighted by atomic mass is 32.2. The number of rotatable bonds is 10. The second kappa shape index (κ2) is 10.8. The van der Waals surface area contributed by atoms with Gasteiger partial charge in [-0.2, -0.15) is 0 Å². The Labute approximate surface area is 211 Å². The minimum Gasteiger partial charge on any atom is -0.494 e. The number of halogens is 1. The second-order valence-electron chi connectivity index (χ2n) is 9.64. The first-order chi connectivity index (χ1) is 16.9. The highest BCUT2D eigenvalue weighted by Crippen LogP contribution is 2.45.